The molecule has 1 atom stereocenters. The summed E-state index contributed by atoms with van der Waals surface area (Å²) in [5.41, 5.74) is 1.99. The minimum atomic E-state index is -3.71. The van der Waals surface area contributed by atoms with Crippen molar-refractivity contribution in [2.24, 2.45) is 0 Å². The van der Waals surface area contributed by atoms with Crippen LogP contribution in [0.1, 0.15) is 33.8 Å². The van der Waals surface area contributed by atoms with E-state index in [1.54, 1.807) is 47.5 Å². The van der Waals surface area contributed by atoms with Crippen molar-refractivity contribution in [2.45, 2.75) is 24.8 Å². The van der Waals surface area contributed by atoms with Gasteiger partial charge in [-0.3, -0.25) is 9.52 Å². The lowest BCUT2D eigenvalue weighted by molar-refractivity contribution is 0.0745. The maximum absolute atomic E-state index is 12.7. The standard InChI is InChI=1S/C21H22N2O3S2/c1-15-6-10-18(11-7-15)22-28(25,26)19-12-8-17(9-13-19)21(24)23(3)16(2)20-5-4-14-27-20/h4-14,16,22H,1-3H3. The number of hydrogen-bond acceptors (Lipinski definition) is 4. The Bertz CT molecular complexity index is 1040. The summed E-state index contributed by atoms with van der Waals surface area (Å²) in [7, 11) is -1.97. The van der Waals surface area contributed by atoms with Crippen molar-refractivity contribution in [3.05, 3.63) is 82.0 Å². The third-order valence-corrected chi connectivity index (χ3v) is 7.01. The second kappa shape index (κ2) is 8.16. The molecule has 2 aromatic carbocycles. The van der Waals surface area contributed by atoms with E-state index in [1.165, 1.54) is 12.1 Å². The van der Waals surface area contributed by atoms with Gasteiger partial charge in [-0.25, -0.2) is 8.42 Å². The molecule has 0 radical (unpaired) electrons. The fourth-order valence-corrected chi connectivity index (χ4v) is 4.60. The number of carbonyl (C=O) groups excluding carboxylic acids is 1. The lowest BCUT2D eigenvalue weighted by Gasteiger charge is -2.24. The van der Waals surface area contributed by atoms with Crippen molar-refractivity contribution in [2.75, 3.05) is 11.8 Å². The lowest BCUT2D eigenvalue weighted by Crippen LogP contribution is -2.29. The molecule has 0 aliphatic carbocycles. The van der Waals surface area contributed by atoms with E-state index in [2.05, 4.69) is 4.72 Å². The molecule has 0 bridgehead atoms. The van der Waals surface area contributed by atoms with E-state index in [0.29, 0.717) is 11.3 Å². The highest BCUT2D eigenvalue weighted by molar-refractivity contribution is 7.92. The molecule has 28 heavy (non-hydrogen) atoms. The van der Waals surface area contributed by atoms with Gasteiger partial charge in [0.15, 0.2) is 0 Å². The van der Waals surface area contributed by atoms with Crippen molar-refractivity contribution >= 4 is 33.0 Å². The minimum Gasteiger partial charge on any atom is -0.334 e. The van der Waals surface area contributed by atoms with E-state index in [-0.39, 0.29) is 16.8 Å². The van der Waals surface area contributed by atoms with Crippen molar-refractivity contribution in [1.29, 1.82) is 0 Å². The van der Waals surface area contributed by atoms with Crippen molar-refractivity contribution in [3.8, 4) is 0 Å². The van der Waals surface area contributed by atoms with Crippen LogP contribution in [0.3, 0.4) is 0 Å². The molecule has 0 saturated carbocycles. The van der Waals surface area contributed by atoms with E-state index in [9.17, 15) is 13.2 Å². The fourth-order valence-electron chi connectivity index (χ4n) is 2.71. The first-order chi connectivity index (χ1) is 13.3. The van der Waals surface area contributed by atoms with E-state index in [0.717, 1.165) is 10.4 Å². The van der Waals surface area contributed by atoms with Crippen LogP contribution in [0.5, 0.6) is 0 Å². The largest absolute Gasteiger partial charge is 0.334 e. The van der Waals surface area contributed by atoms with Gasteiger partial charge in [-0.15, -0.1) is 11.3 Å². The first-order valence-electron chi connectivity index (χ1n) is 8.78. The second-order valence-corrected chi connectivity index (χ2v) is 9.27. The highest BCUT2D eigenvalue weighted by Crippen LogP contribution is 2.25. The first kappa shape index (κ1) is 20.1. The molecule has 1 amide bonds. The van der Waals surface area contributed by atoms with Gasteiger partial charge < -0.3 is 4.90 Å². The van der Waals surface area contributed by atoms with Crippen LogP contribution in [0.15, 0.2) is 70.9 Å². The van der Waals surface area contributed by atoms with Crippen molar-refractivity contribution in [1.82, 2.24) is 4.90 Å². The summed E-state index contributed by atoms with van der Waals surface area (Å²) in [6.07, 6.45) is 0. The monoisotopic (exact) mass is 414 g/mol. The number of nitrogens with zero attached hydrogens (tertiary/aromatic N) is 1. The van der Waals surface area contributed by atoms with Gasteiger partial charge in [-0.1, -0.05) is 23.8 Å². The average Bonchev–Trinajstić information content (AvgIpc) is 3.23. The zero-order valence-electron chi connectivity index (χ0n) is 15.9. The predicted molar refractivity (Wildman–Crippen MR) is 113 cm³/mol. The lowest BCUT2D eigenvalue weighted by atomic mass is 10.1. The van der Waals surface area contributed by atoms with Crippen LogP contribution < -0.4 is 4.72 Å². The average molecular weight is 415 g/mol. The van der Waals surface area contributed by atoms with Crippen molar-refractivity contribution < 1.29 is 13.2 Å². The molecule has 5 nitrogen and oxygen atoms in total. The molecular weight excluding hydrogens is 392 g/mol. The maximum Gasteiger partial charge on any atom is 0.261 e. The van der Waals surface area contributed by atoms with Crippen LogP contribution >= 0.6 is 11.3 Å². The zero-order valence-corrected chi connectivity index (χ0v) is 17.5. The van der Waals surface area contributed by atoms with Gasteiger partial charge in [0.25, 0.3) is 15.9 Å². The van der Waals surface area contributed by atoms with Crippen molar-refractivity contribution in [3.63, 3.8) is 0 Å². The highest BCUT2D eigenvalue weighted by Gasteiger charge is 2.21. The Balaban J connectivity index is 1.75. The summed E-state index contributed by atoms with van der Waals surface area (Å²) in [5.74, 6) is -0.156. The Morgan fingerprint density at radius 1 is 1.04 bits per heavy atom. The summed E-state index contributed by atoms with van der Waals surface area (Å²) in [5, 5.41) is 1.98. The van der Waals surface area contributed by atoms with Gasteiger partial charge in [-0.05, 0) is 61.7 Å². The molecule has 0 aliphatic heterocycles. The normalized spacial score (nSPS) is 12.4. The third-order valence-electron chi connectivity index (χ3n) is 4.57. The van der Waals surface area contributed by atoms with Crippen LogP contribution in [0, 0.1) is 6.92 Å². The molecule has 1 heterocycles. The molecule has 0 spiro atoms. The third kappa shape index (κ3) is 4.43. The van der Waals surface area contributed by atoms with Crippen LogP contribution in [0.25, 0.3) is 0 Å². The second-order valence-electron chi connectivity index (χ2n) is 6.60. The van der Waals surface area contributed by atoms with Gasteiger partial charge in [0.2, 0.25) is 0 Å². The Kier molecular flexibility index (Phi) is 5.86. The summed E-state index contributed by atoms with van der Waals surface area (Å²) < 4.78 is 27.7. The first-order valence-corrected chi connectivity index (χ1v) is 11.1. The Labute approximate surface area is 169 Å². The minimum absolute atomic E-state index is 0.0564. The van der Waals surface area contributed by atoms with Gasteiger partial charge >= 0.3 is 0 Å². The smallest absolute Gasteiger partial charge is 0.261 e. The molecule has 1 N–H and O–H groups in total. The number of benzene rings is 2. The summed E-state index contributed by atoms with van der Waals surface area (Å²) in [4.78, 5) is 15.6. The highest BCUT2D eigenvalue weighted by atomic mass is 32.2. The van der Waals surface area contributed by atoms with Crippen LogP contribution in [-0.4, -0.2) is 26.3 Å². The number of rotatable bonds is 6. The molecule has 3 aromatic rings. The number of thiophene rings is 1. The molecule has 0 fully saturated rings. The molecule has 3 rings (SSSR count). The molecule has 7 heteroatoms. The molecule has 1 aromatic heterocycles. The SMILES string of the molecule is Cc1ccc(NS(=O)(=O)c2ccc(C(=O)N(C)C(C)c3cccs3)cc2)cc1. The Hall–Kier alpha value is -2.64. The van der Waals surface area contributed by atoms with Crippen LogP contribution in [-0.2, 0) is 10.0 Å². The zero-order chi connectivity index (χ0) is 20.3. The van der Waals surface area contributed by atoms with E-state index in [4.69, 9.17) is 0 Å². The number of nitrogens with one attached hydrogen (secondary N) is 1. The van der Waals surface area contributed by atoms with Crippen LogP contribution in [0.2, 0.25) is 0 Å². The number of sulfonamides is 1. The number of hydrogen-bond donors (Lipinski definition) is 1. The topological polar surface area (TPSA) is 66.5 Å². The molecule has 146 valence electrons. The molecular formula is C21H22N2O3S2. The molecule has 0 aliphatic rings. The number of amides is 1. The maximum atomic E-state index is 12.7. The summed E-state index contributed by atoms with van der Waals surface area (Å²) >= 11 is 1.60. The van der Waals surface area contributed by atoms with Gasteiger partial charge in [-0.2, -0.15) is 0 Å². The number of carbonyl (C=O) groups is 1. The van der Waals surface area contributed by atoms with Gasteiger partial charge in [0, 0.05) is 23.2 Å². The quantitative estimate of drug-likeness (QED) is 0.636. The molecule has 1 unspecified atom stereocenters. The predicted octanol–water partition coefficient (Wildman–Crippen LogP) is 4.69. The number of aryl methyl sites for hydroxylation is 1. The summed E-state index contributed by atoms with van der Waals surface area (Å²) in [6, 6.07) is 17.0. The fraction of sp³-hybridized carbons (Fsp3) is 0.190. The van der Waals surface area contributed by atoms with Gasteiger partial charge in [0.1, 0.15) is 0 Å². The van der Waals surface area contributed by atoms with E-state index >= 15 is 0 Å². The molecule has 0 saturated heterocycles. The van der Waals surface area contributed by atoms with Crippen LogP contribution in [0.4, 0.5) is 5.69 Å². The van der Waals surface area contributed by atoms with Gasteiger partial charge in [0.05, 0.1) is 10.9 Å². The summed E-state index contributed by atoms with van der Waals surface area (Å²) in [6.45, 7) is 3.90. The van der Waals surface area contributed by atoms with E-state index in [1.807, 2.05) is 43.5 Å². The Morgan fingerprint density at radius 2 is 1.68 bits per heavy atom. The van der Waals surface area contributed by atoms with E-state index < -0.39 is 10.0 Å². The number of anilines is 1. The Morgan fingerprint density at radius 3 is 2.25 bits per heavy atom.